The van der Waals surface area contributed by atoms with Crippen molar-refractivity contribution in [3.8, 4) is 0 Å². The number of aromatic carboxylic acids is 2. The van der Waals surface area contributed by atoms with Gasteiger partial charge in [-0.2, -0.15) is 0 Å². The molecular weight excluding hydrogens is 309 g/mol. The zero-order valence-corrected chi connectivity index (χ0v) is 13.5. The number of carboxylic acids is 2. The third-order valence-electron chi connectivity index (χ3n) is 2.66. The quantitative estimate of drug-likeness (QED) is 0.405. The van der Waals surface area contributed by atoms with Gasteiger partial charge < -0.3 is 24.4 Å². The third-order valence-corrected chi connectivity index (χ3v) is 3.53. The van der Waals surface area contributed by atoms with Gasteiger partial charge in [-0.25, -0.2) is 8.42 Å². The molecule has 2 aromatic carbocycles. The fraction of sp³-hybridized carbons (Fsp3) is 0. The summed E-state index contributed by atoms with van der Waals surface area (Å²) >= 11 is 0. The molecule has 0 aliphatic heterocycles. The van der Waals surface area contributed by atoms with Crippen molar-refractivity contribution in [2.24, 2.45) is 0 Å². The molecule has 7 nitrogen and oxygen atoms in total. The van der Waals surface area contributed by atoms with Crippen LogP contribution in [0.25, 0.3) is 10.8 Å². The molecule has 0 aliphatic rings. The molecule has 0 amide bonds. The van der Waals surface area contributed by atoms with Crippen LogP contribution >= 0.6 is 0 Å². The van der Waals surface area contributed by atoms with Crippen molar-refractivity contribution in [3.05, 3.63) is 41.5 Å². The number of hydrogen-bond acceptors (Lipinski definition) is 7. The topological polar surface area (TPSA) is 137 Å². The minimum Gasteiger partial charge on any atom is -0.744 e. The Balaban J connectivity index is 0. The van der Waals surface area contributed by atoms with Crippen LogP contribution in [-0.2, 0) is 10.1 Å². The number of hydrogen-bond donors (Lipinski definition) is 0. The Kier molecular flexibility index (Phi) is 9.61. The summed E-state index contributed by atoms with van der Waals surface area (Å²) in [4.78, 5) is 20.7. The second-order valence-corrected chi connectivity index (χ2v) is 5.29. The zero-order valence-electron chi connectivity index (χ0n) is 12.7. The van der Waals surface area contributed by atoms with Gasteiger partial charge in [0.05, 0.1) is 16.8 Å². The fourth-order valence-corrected chi connectivity index (χ4v) is 2.49. The molecule has 0 bridgehead atoms. The van der Waals surface area contributed by atoms with Gasteiger partial charge in [-0.1, -0.05) is 12.1 Å². The van der Waals surface area contributed by atoms with E-state index >= 15 is 0 Å². The van der Waals surface area contributed by atoms with Crippen LogP contribution in [0.4, 0.5) is 0 Å². The van der Waals surface area contributed by atoms with Crippen LogP contribution in [0, 0.1) is 0 Å². The van der Waals surface area contributed by atoms with Gasteiger partial charge in [0.15, 0.2) is 0 Å². The normalized spacial score (nSPS) is 9.96. The van der Waals surface area contributed by atoms with Gasteiger partial charge >= 0.3 is 56.6 Å². The second-order valence-electron chi connectivity index (χ2n) is 3.94. The third kappa shape index (κ3) is 5.43. The first-order valence-corrected chi connectivity index (χ1v) is 6.57. The maximum Gasteiger partial charge on any atom is 1.00 e. The SMILES string of the molecule is O=C([O-])c1cc(S(=O)(=O)[O-])c2cc(C(=O)[O-])ccc2c1.[Li+].[Li+].[Li+]. The monoisotopic (exact) mass is 314 g/mol. The van der Waals surface area contributed by atoms with Crippen LogP contribution < -0.4 is 66.8 Å². The van der Waals surface area contributed by atoms with Crippen LogP contribution in [-0.4, -0.2) is 24.9 Å². The van der Waals surface area contributed by atoms with E-state index < -0.39 is 32.5 Å². The summed E-state index contributed by atoms with van der Waals surface area (Å²) < 4.78 is 33.5. The standard InChI is InChI=1S/C12H8O7S.3Li/c13-11(14)7-2-1-6-3-8(12(15)16)5-10(9(6)4-7)20(17,18)19;;;/h1-5H,(H,13,14)(H,15,16)(H,17,18,19);;;/q;3*+1/p-3. The number of rotatable bonds is 3. The molecule has 0 aromatic heterocycles. The molecule has 23 heavy (non-hydrogen) atoms. The van der Waals surface area contributed by atoms with Gasteiger partial charge in [-0.05, 0) is 40.1 Å². The van der Waals surface area contributed by atoms with Crippen molar-refractivity contribution < 1.29 is 89.4 Å². The molecule has 0 fully saturated rings. The molecule has 104 valence electrons. The molecule has 0 aliphatic carbocycles. The smallest absolute Gasteiger partial charge is 0.744 e. The van der Waals surface area contributed by atoms with E-state index in [1.165, 1.54) is 6.07 Å². The average molecular weight is 314 g/mol. The van der Waals surface area contributed by atoms with Crippen LogP contribution in [0.3, 0.4) is 0 Å². The van der Waals surface area contributed by atoms with Crippen molar-refractivity contribution >= 4 is 32.8 Å². The van der Waals surface area contributed by atoms with Gasteiger partial charge in [0.25, 0.3) is 0 Å². The number of benzene rings is 2. The summed E-state index contributed by atoms with van der Waals surface area (Å²) in [6.45, 7) is 0. The van der Waals surface area contributed by atoms with Crippen LogP contribution in [0.1, 0.15) is 20.7 Å². The van der Waals surface area contributed by atoms with Crippen LogP contribution in [0.15, 0.2) is 35.2 Å². The minimum atomic E-state index is -4.98. The van der Waals surface area contributed by atoms with E-state index in [2.05, 4.69) is 0 Å². The van der Waals surface area contributed by atoms with E-state index in [-0.39, 0.29) is 72.9 Å². The number of fused-ring (bicyclic) bond motifs is 1. The van der Waals surface area contributed by atoms with Gasteiger partial charge in [0, 0.05) is 0 Å². The van der Waals surface area contributed by atoms with E-state index in [1.54, 1.807) is 0 Å². The molecule has 0 atom stereocenters. The van der Waals surface area contributed by atoms with E-state index in [9.17, 15) is 32.8 Å². The molecule has 0 heterocycles. The Morgan fingerprint density at radius 1 is 0.826 bits per heavy atom. The van der Waals surface area contributed by atoms with Crippen molar-refractivity contribution in [1.29, 1.82) is 0 Å². The molecule has 0 radical (unpaired) electrons. The van der Waals surface area contributed by atoms with Gasteiger partial charge in [-0.15, -0.1) is 0 Å². The molecule has 11 heteroatoms. The first kappa shape index (κ1) is 24.6. The Bertz CT molecular complexity index is 849. The summed E-state index contributed by atoms with van der Waals surface area (Å²) in [5.74, 6) is -3.20. The van der Waals surface area contributed by atoms with Crippen LogP contribution in [0.2, 0.25) is 0 Å². The zero-order chi connectivity index (χ0) is 15.1. The first-order valence-electron chi connectivity index (χ1n) is 5.16. The molecular formula is C12H5Li3O7S. The summed E-state index contributed by atoms with van der Waals surface area (Å²) in [5, 5.41) is 21.4. The molecule has 0 spiro atoms. The molecule has 2 aromatic rings. The number of carboxylic acid groups (broad SMARTS) is 2. The Morgan fingerprint density at radius 2 is 1.35 bits per heavy atom. The molecule has 2 rings (SSSR count). The number of carbonyl (C=O) groups is 2. The maximum absolute atomic E-state index is 11.2. The van der Waals surface area contributed by atoms with E-state index in [0.717, 1.165) is 18.2 Å². The maximum atomic E-state index is 11.2. The summed E-state index contributed by atoms with van der Waals surface area (Å²) in [7, 11) is -4.98. The van der Waals surface area contributed by atoms with Crippen molar-refractivity contribution in [3.63, 3.8) is 0 Å². The Morgan fingerprint density at radius 3 is 1.78 bits per heavy atom. The molecule has 0 saturated carbocycles. The minimum absolute atomic E-state index is 0. The van der Waals surface area contributed by atoms with E-state index in [1.807, 2.05) is 0 Å². The molecule has 0 N–H and O–H groups in total. The van der Waals surface area contributed by atoms with Crippen molar-refractivity contribution in [2.45, 2.75) is 4.90 Å². The van der Waals surface area contributed by atoms with Gasteiger partial charge in [-0.3, -0.25) is 0 Å². The van der Waals surface area contributed by atoms with E-state index in [4.69, 9.17) is 0 Å². The number of carbonyl (C=O) groups excluding carboxylic acids is 2. The van der Waals surface area contributed by atoms with Crippen molar-refractivity contribution in [2.75, 3.05) is 0 Å². The van der Waals surface area contributed by atoms with E-state index in [0.29, 0.717) is 6.07 Å². The Labute approximate surface area is 167 Å². The second kappa shape index (κ2) is 8.99. The Hall–Kier alpha value is -0.658. The summed E-state index contributed by atoms with van der Waals surface area (Å²) in [6, 6.07) is 4.95. The summed E-state index contributed by atoms with van der Waals surface area (Å²) in [5.41, 5.74) is -0.822. The molecule has 0 unspecified atom stereocenters. The first-order chi connectivity index (χ1) is 9.20. The predicted octanol–water partition coefficient (Wildman–Crippen LogP) is -10.5. The van der Waals surface area contributed by atoms with Crippen molar-refractivity contribution in [1.82, 2.24) is 0 Å². The largest absolute Gasteiger partial charge is 1.00 e. The molecule has 0 saturated heterocycles. The van der Waals surface area contributed by atoms with Gasteiger partial charge in [0.2, 0.25) is 0 Å². The van der Waals surface area contributed by atoms with Gasteiger partial charge in [0.1, 0.15) is 10.1 Å². The fourth-order valence-electron chi connectivity index (χ4n) is 1.78. The average Bonchev–Trinajstić information content (AvgIpc) is 2.35. The summed E-state index contributed by atoms with van der Waals surface area (Å²) in [6.07, 6.45) is 0. The van der Waals surface area contributed by atoms with Crippen LogP contribution in [0.5, 0.6) is 0 Å². The predicted molar refractivity (Wildman–Crippen MR) is 60.6 cm³/mol.